The van der Waals surface area contributed by atoms with Crippen LogP contribution in [0.3, 0.4) is 0 Å². The molecule has 0 saturated heterocycles. The van der Waals surface area contributed by atoms with Crippen molar-refractivity contribution in [2.45, 2.75) is 121 Å². The molecule has 3 fully saturated rings. The molecular formula is C30H47F. The molecule has 31 heavy (non-hydrogen) atoms. The summed E-state index contributed by atoms with van der Waals surface area (Å²) in [7, 11) is 0. The predicted molar refractivity (Wildman–Crippen MR) is 131 cm³/mol. The van der Waals surface area contributed by atoms with E-state index in [4.69, 9.17) is 0 Å². The van der Waals surface area contributed by atoms with Gasteiger partial charge in [-0.1, -0.05) is 56.9 Å². The van der Waals surface area contributed by atoms with E-state index in [1.807, 2.05) is 0 Å². The SMILES string of the molecule is CCC[C@H]1CC[C@H]([C@H]2CC[C@H](c3ccc([C@H]4CC[C@H](CCCF)CC4)cc3)CC2)CC1. The van der Waals surface area contributed by atoms with Crippen molar-refractivity contribution in [2.75, 3.05) is 6.67 Å². The van der Waals surface area contributed by atoms with E-state index in [0.717, 1.165) is 48.3 Å². The Morgan fingerprint density at radius 3 is 1.52 bits per heavy atom. The van der Waals surface area contributed by atoms with E-state index in [1.165, 1.54) is 89.9 Å². The lowest BCUT2D eigenvalue weighted by Gasteiger charge is -2.38. The molecule has 3 aliphatic carbocycles. The number of alkyl halides is 1. The van der Waals surface area contributed by atoms with Gasteiger partial charge in [-0.15, -0.1) is 0 Å². The van der Waals surface area contributed by atoms with Crippen molar-refractivity contribution >= 4 is 0 Å². The maximum atomic E-state index is 12.4. The van der Waals surface area contributed by atoms with Crippen LogP contribution in [-0.4, -0.2) is 6.67 Å². The molecular weight excluding hydrogens is 379 g/mol. The van der Waals surface area contributed by atoms with E-state index in [9.17, 15) is 4.39 Å². The zero-order valence-electron chi connectivity index (χ0n) is 20.2. The Bertz CT molecular complexity index is 610. The van der Waals surface area contributed by atoms with Crippen molar-refractivity contribution in [1.29, 1.82) is 0 Å². The Kier molecular flexibility index (Phi) is 8.91. The zero-order valence-corrected chi connectivity index (χ0v) is 20.2. The number of benzene rings is 1. The first-order chi connectivity index (χ1) is 15.3. The van der Waals surface area contributed by atoms with Crippen molar-refractivity contribution in [3.05, 3.63) is 35.4 Å². The molecule has 0 N–H and O–H groups in total. The topological polar surface area (TPSA) is 0 Å². The fraction of sp³-hybridized carbons (Fsp3) is 0.800. The highest BCUT2D eigenvalue weighted by Crippen LogP contribution is 2.45. The standard InChI is InChI=1S/C30H47F/c1-2-4-23-6-10-25(11-7-23)27-14-18-29(19-15-27)30-20-16-28(17-21-30)26-12-8-24(9-13-26)5-3-22-31/h16-17,20-21,23-27,29H,2-15,18-19,22H2,1H3/t23-,24-,25-,26-,27-,29-. The summed E-state index contributed by atoms with van der Waals surface area (Å²) in [5.74, 6) is 5.43. The van der Waals surface area contributed by atoms with Crippen LogP contribution in [0, 0.1) is 23.7 Å². The highest BCUT2D eigenvalue weighted by Gasteiger charge is 2.31. The molecule has 0 bridgehead atoms. The lowest BCUT2D eigenvalue weighted by molar-refractivity contribution is 0.156. The summed E-state index contributed by atoms with van der Waals surface area (Å²) in [6.45, 7) is 2.21. The largest absolute Gasteiger partial charge is 0.251 e. The molecule has 0 unspecified atom stereocenters. The van der Waals surface area contributed by atoms with Gasteiger partial charge in [-0.2, -0.15) is 0 Å². The van der Waals surface area contributed by atoms with Gasteiger partial charge in [0.2, 0.25) is 0 Å². The van der Waals surface area contributed by atoms with Gasteiger partial charge in [0.1, 0.15) is 0 Å². The monoisotopic (exact) mass is 426 g/mol. The maximum absolute atomic E-state index is 12.4. The summed E-state index contributed by atoms with van der Waals surface area (Å²) in [5, 5.41) is 0. The average Bonchev–Trinajstić information content (AvgIpc) is 2.84. The Hall–Kier alpha value is -0.850. The third kappa shape index (κ3) is 6.35. The molecule has 3 aliphatic rings. The van der Waals surface area contributed by atoms with Crippen LogP contribution >= 0.6 is 0 Å². The van der Waals surface area contributed by atoms with Crippen LogP contribution in [-0.2, 0) is 0 Å². The molecule has 1 heteroatoms. The van der Waals surface area contributed by atoms with E-state index in [1.54, 1.807) is 11.1 Å². The molecule has 0 nitrogen and oxygen atoms in total. The minimum atomic E-state index is -0.136. The van der Waals surface area contributed by atoms with Crippen LogP contribution < -0.4 is 0 Å². The second-order valence-electron chi connectivity index (χ2n) is 11.4. The quantitative estimate of drug-likeness (QED) is 0.388. The summed E-state index contributed by atoms with van der Waals surface area (Å²) in [5.41, 5.74) is 3.16. The smallest absolute Gasteiger partial charge is 0.0894 e. The van der Waals surface area contributed by atoms with E-state index in [2.05, 4.69) is 31.2 Å². The first-order valence-electron chi connectivity index (χ1n) is 13.9. The molecule has 0 amide bonds. The van der Waals surface area contributed by atoms with E-state index in [0.29, 0.717) is 0 Å². The summed E-state index contributed by atoms with van der Waals surface area (Å²) in [4.78, 5) is 0. The maximum Gasteiger partial charge on any atom is 0.0894 e. The fourth-order valence-electron chi connectivity index (χ4n) is 7.47. The van der Waals surface area contributed by atoms with Gasteiger partial charge in [-0.3, -0.25) is 4.39 Å². The van der Waals surface area contributed by atoms with Gasteiger partial charge in [0.25, 0.3) is 0 Å². The van der Waals surface area contributed by atoms with Crippen molar-refractivity contribution in [2.24, 2.45) is 23.7 Å². The molecule has 0 heterocycles. The van der Waals surface area contributed by atoms with Crippen molar-refractivity contribution in [3.63, 3.8) is 0 Å². The molecule has 174 valence electrons. The Morgan fingerprint density at radius 2 is 1.03 bits per heavy atom. The molecule has 1 aromatic carbocycles. The van der Waals surface area contributed by atoms with Crippen LogP contribution in [0.15, 0.2) is 24.3 Å². The Morgan fingerprint density at radius 1 is 0.613 bits per heavy atom. The lowest BCUT2D eigenvalue weighted by Crippen LogP contribution is -2.25. The van der Waals surface area contributed by atoms with Crippen LogP contribution in [0.5, 0.6) is 0 Å². The minimum Gasteiger partial charge on any atom is -0.251 e. The number of hydrogen-bond donors (Lipinski definition) is 0. The third-order valence-corrected chi connectivity index (χ3v) is 9.50. The molecule has 1 aromatic rings. The third-order valence-electron chi connectivity index (χ3n) is 9.50. The highest BCUT2D eigenvalue weighted by molar-refractivity contribution is 5.28. The summed E-state index contributed by atoms with van der Waals surface area (Å²) in [6, 6.07) is 9.82. The molecule has 0 radical (unpaired) electrons. The summed E-state index contributed by atoms with van der Waals surface area (Å²) >= 11 is 0. The second kappa shape index (κ2) is 11.9. The van der Waals surface area contributed by atoms with Gasteiger partial charge >= 0.3 is 0 Å². The number of halogens is 1. The number of rotatable bonds is 8. The normalized spacial score (nSPS) is 34.5. The first kappa shape index (κ1) is 23.3. The number of hydrogen-bond acceptors (Lipinski definition) is 0. The Labute approximate surface area is 191 Å². The van der Waals surface area contributed by atoms with Crippen molar-refractivity contribution in [3.8, 4) is 0 Å². The minimum absolute atomic E-state index is 0.136. The molecule has 3 saturated carbocycles. The predicted octanol–water partition coefficient (Wildman–Crippen LogP) is 9.59. The van der Waals surface area contributed by atoms with Crippen LogP contribution in [0.4, 0.5) is 4.39 Å². The fourth-order valence-corrected chi connectivity index (χ4v) is 7.47. The molecule has 0 aromatic heterocycles. The molecule has 4 rings (SSSR count). The van der Waals surface area contributed by atoms with Crippen LogP contribution in [0.1, 0.15) is 133 Å². The van der Waals surface area contributed by atoms with Gasteiger partial charge in [0.15, 0.2) is 0 Å². The lowest BCUT2D eigenvalue weighted by atomic mass is 9.68. The van der Waals surface area contributed by atoms with Gasteiger partial charge in [0, 0.05) is 0 Å². The molecule has 0 atom stereocenters. The highest BCUT2D eigenvalue weighted by atomic mass is 19.1. The first-order valence-corrected chi connectivity index (χ1v) is 13.9. The van der Waals surface area contributed by atoms with E-state index < -0.39 is 0 Å². The molecule has 0 aliphatic heterocycles. The van der Waals surface area contributed by atoms with Crippen LogP contribution in [0.25, 0.3) is 0 Å². The average molecular weight is 427 g/mol. The second-order valence-corrected chi connectivity index (χ2v) is 11.4. The molecule has 0 spiro atoms. The van der Waals surface area contributed by atoms with Gasteiger partial charge < -0.3 is 0 Å². The van der Waals surface area contributed by atoms with Gasteiger partial charge in [-0.05, 0) is 124 Å². The van der Waals surface area contributed by atoms with Gasteiger partial charge in [-0.25, -0.2) is 0 Å². The van der Waals surface area contributed by atoms with E-state index >= 15 is 0 Å². The Balaban J connectivity index is 1.21. The van der Waals surface area contributed by atoms with Crippen molar-refractivity contribution < 1.29 is 4.39 Å². The zero-order chi connectivity index (χ0) is 21.5. The summed E-state index contributed by atoms with van der Waals surface area (Å²) < 4.78 is 12.4. The van der Waals surface area contributed by atoms with E-state index in [-0.39, 0.29) is 6.67 Å². The summed E-state index contributed by atoms with van der Waals surface area (Å²) in [6.07, 6.45) is 21.8. The van der Waals surface area contributed by atoms with Crippen LogP contribution in [0.2, 0.25) is 0 Å². The van der Waals surface area contributed by atoms with Crippen molar-refractivity contribution in [1.82, 2.24) is 0 Å². The van der Waals surface area contributed by atoms with Gasteiger partial charge in [0.05, 0.1) is 6.67 Å².